The molecule has 1 rings (SSSR count). The van der Waals surface area contributed by atoms with E-state index in [0.29, 0.717) is 5.92 Å². The number of rotatable bonds is 3. The Morgan fingerprint density at radius 3 is 2.62 bits per heavy atom. The van der Waals surface area contributed by atoms with Crippen molar-refractivity contribution in [3.8, 4) is 0 Å². The fraction of sp³-hybridized carbons (Fsp3) is 0.923. The molecular weight excluding hydrogens is 200 g/mol. The molecule has 0 spiro atoms. The summed E-state index contributed by atoms with van der Waals surface area (Å²) in [7, 11) is 0. The van der Waals surface area contributed by atoms with Crippen LogP contribution in [0.15, 0.2) is 0 Å². The summed E-state index contributed by atoms with van der Waals surface area (Å²) in [5.74, 6) is 0.826. The first-order chi connectivity index (χ1) is 7.36. The number of amides is 1. The van der Waals surface area contributed by atoms with Gasteiger partial charge in [-0.3, -0.25) is 4.79 Å². The van der Waals surface area contributed by atoms with E-state index in [-0.39, 0.29) is 17.4 Å². The van der Waals surface area contributed by atoms with E-state index in [1.807, 2.05) is 25.7 Å². The van der Waals surface area contributed by atoms with Gasteiger partial charge in [0.05, 0.1) is 6.04 Å². The third-order valence-corrected chi connectivity index (χ3v) is 3.49. The van der Waals surface area contributed by atoms with E-state index >= 15 is 0 Å². The van der Waals surface area contributed by atoms with E-state index in [1.165, 1.54) is 12.8 Å². The van der Waals surface area contributed by atoms with Crippen LogP contribution in [0.25, 0.3) is 0 Å². The van der Waals surface area contributed by atoms with Crippen LogP contribution < -0.4 is 5.73 Å². The Labute approximate surface area is 99.4 Å². The normalized spacial score (nSPS) is 23.6. The Kier molecular flexibility index (Phi) is 4.36. The summed E-state index contributed by atoms with van der Waals surface area (Å²) in [5, 5.41) is 0. The van der Waals surface area contributed by atoms with Gasteiger partial charge in [-0.05, 0) is 24.2 Å². The van der Waals surface area contributed by atoms with Crippen LogP contribution in [-0.2, 0) is 4.79 Å². The first kappa shape index (κ1) is 13.5. The number of nitrogens with zero attached hydrogens (tertiary/aromatic N) is 1. The van der Waals surface area contributed by atoms with Crippen LogP contribution in [0.5, 0.6) is 0 Å². The van der Waals surface area contributed by atoms with Crippen LogP contribution in [0.2, 0.25) is 0 Å². The van der Waals surface area contributed by atoms with Gasteiger partial charge in [-0.25, -0.2) is 0 Å². The monoisotopic (exact) mass is 226 g/mol. The molecule has 1 saturated heterocycles. The van der Waals surface area contributed by atoms with Crippen LogP contribution in [0.1, 0.15) is 47.0 Å². The van der Waals surface area contributed by atoms with Gasteiger partial charge in [0.2, 0.25) is 5.91 Å². The zero-order chi connectivity index (χ0) is 12.3. The van der Waals surface area contributed by atoms with Gasteiger partial charge in [-0.1, -0.05) is 34.1 Å². The van der Waals surface area contributed by atoms with E-state index in [0.717, 1.165) is 19.5 Å². The Balaban J connectivity index is 2.51. The van der Waals surface area contributed by atoms with Gasteiger partial charge < -0.3 is 10.6 Å². The Morgan fingerprint density at radius 2 is 2.12 bits per heavy atom. The van der Waals surface area contributed by atoms with E-state index in [2.05, 4.69) is 6.92 Å². The highest BCUT2D eigenvalue weighted by atomic mass is 16.2. The average Bonchev–Trinajstić information content (AvgIpc) is 2.63. The molecule has 1 aliphatic rings. The summed E-state index contributed by atoms with van der Waals surface area (Å²) in [4.78, 5) is 14.1. The van der Waals surface area contributed by atoms with Crippen molar-refractivity contribution in [2.24, 2.45) is 17.1 Å². The van der Waals surface area contributed by atoms with Crippen LogP contribution >= 0.6 is 0 Å². The summed E-state index contributed by atoms with van der Waals surface area (Å²) >= 11 is 0. The predicted octanol–water partition coefficient (Wildman–Crippen LogP) is 2.01. The quantitative estimate of drug-likeness (QED) is 0.800. The summed E-state index contributed by atoms with van der Waals surface area (Å²) in [6.45, 7) is 10.1. The second-order valence-corrected chi connectivity index (χ2v) is 6.07. The van der Waals surface area contributed by atoms with Gasteiger partial charge in [0.1, 0.15) is 0 Å². The maximum Gasteiger partial charge on any atom is 0.240 e. The number of nitrogens with two attached hydrogens (primary N) is 1. The predicted molar refractivity (Wildman–Crippen MR) is 67.0 cm³/mol. The lowest BCUT2D eigenvalue weighted by atomic mass is 9.86. The van der Waals surface area contributed by atoms with E-state index in [9.17, 15) is 4.79 Å². The molecule has 94 valence electrons. The second kappa shape index (κ2) is 5.17. The van der Waals surface area contributed by atoms with E-state index in [4.69, 9.17) is 5.73 Å². The van der Waals surface area contributed by atoms with Crippen molar-refractivity contribution in [1.29, 1.82) is 0 Å². The molecule has 3 nitrogen and oxygen atoms in total. The molecule has 0 aromatic carbocycles. The molecule has 3 heteroatoms. The summed E-state index contributed by atoms with van der Waals surface area (Å²) < 4.78 is 0. The van der Waals surface area contributed by atoms with Crippen molar-refractivity contribution >= 4 is 5.91 Å². The summed E-state index contributed by atoms with van der Waals surface area (Å²) in [6, 6.07) is -0.368. The topological polar surface area (TPSA) is 46.3 Å². The van der Waals surface area contributed by atoms with Crippen LogP contribution in [0.3, 0.4) is 0 Å². The molecule has 0 aromatic rings. The standard InChI is InChI=1S/C13H26N2O/c1-5-6-10-7-8-15(9-10)12(16)11(14)13(2,3)4/h10-11H,5-9,14H2,1-4H3. The minimum atomic E-state index is -0.368. The molecule has 0 aliphatic carbocycles. The van der Waals surface area contributed by atoms with Gasteiger partial charge in [0.15, 0.2) is 0 Å². The number of hydrogen-bond acceptors (Lipinski definition) is 2. The molecule has 1 heterocycles. The lowest BCUT2D eigenvalue weighted by Gasteiger charge is -2.30. The van der Waals surface area contributed by atoms with Gasteiger partial charge in [-0.2, -0.15) is 0 Å². The van der Waals surface area contributed by atoms with Crippen molar-refractivity contribution in [2.75, 3.05) is 13.1 Å². The molecule has 0 bridgehead atoms. The number of likely N-dealkylation sites (tertiary alicyclic amines) is 1. The Morgan fingerprint density at radius 1 is 1.50 bits per heavy atom. The molecule has 2 N–H and O–H groups in total. The van der Waals surface area contributed by atoms with Gasteiger partial charge in [0, 0.05) is 13.1 Å². The fourth-order valence-electron chi connectivity index (χ4n) is 2.24. The molecule has 0 saturated carbocycles. The zero-order valence-corrected chi connectivity index (χ0v) is 11.1. The van der Waals surface area contributed by atoms with Crippen molar-refractivity contribution in [3.05, 3.63) is 0 Å². The first-order valence-corrected chi connectivity index (χ1v) is 6.40. The Hall–Kier alpha value is -0.570. The molecule has 16 heavy (non-hydrogen) atoms. The van der Waals surface area contributed by atoms with Gasteiger partial charge in [-0.15, -0.1) is 0 Å². The molecule has 1 aliphatic heterocycles. The highest BCUT2D eigenvalue weighted by Gasteiger charge is 2.34. The lowest BCUT2D eigenvalue weighted by Crippen LogP contribution is -2.49. The third kappa shape index (κ3) is 3.21. The molecular formula is C13H26N2O. The van der Waals surface area contributed by atoms with E-state index < -0.39 is 0 Å². The third-order valence-electron chi connectivity index (χ3n) is 3.49. The lowest BCUT2D eigenvalue weighted by molar-refractivity contribution is -0.134. The van der Waals surface area contributed by atoms with Crippen molar-refractivity contribution in [3.63, 3.8) is 0 Å². The second-order valence-electron chi connectivity index (χ2n) is 6.07. The van der Waals surface area contributed by atoms with Crippen molar-refractivity contribution in [2.45, 2.75) is 53.0 Å². The maximum atomic E-state index is 12.1. The highest BCUT2D eigenvalue weighted by Crippen LogP contribution is 2.25. The average molecular weight is 226 g/mol. The number of carbonyl (C=O) groups excluding carboxylic acids is 1. The molecule has 1 amide bonds. The maximum absolute atomic E-state index is 12.1. The molecule has 2 unspecified atom stereocenters. The molecule has 2 atom stereocenters. The van der Waals surface area contributed by atoms with E-state index in [1.54, 1.807) is 0 Å². The largest absolute Gasteiger partial charge is 0.341 e. The number of hydrogen-bond donors (Lipinski definition) is 1. The van der Waals surface area contributed by atoms with Crippen molar-refractivity contribution in [1.82, 2.24) is 4.90 Å². The summed E-state index contributed by atoms with van der Waals surface area (Å²) in [6.07, 6.45) is 3.59. The fourth-order valence-corrected chi connectivity index (χ4v) is 2.24. The van der Waals surface area contributed by atoms with Crippen molar-refractivity contribution < 1.29 is 4.79 Å². The smallest absolute Gasteiger partial charge is 0.240 e. The first-order valence-electron chi connectivity index (χ1n) is 6.40. The highest BCUT2D eigenvalue weighted by molar-refractivity contribution is 5.82. The summed E-state index contributed by atoms with van der Waals surface area (Å²) in [5.41, 5.74) is 5.86. The minimum absolute atomic E-state index is 0.131. The van der Waals surface area contributed by atoms with Gasteiger partial charge in [0.25, 0.3) is 0 Å². The molecule has 0 aromatic heterocycles. The van der Waals surface area contributed by atoms with Gasteiger partial charge >= 0.3 is 0 Å². The van der Waals surface area contributed by atoms with Crippen LogP contribution in [0.4, 0.5) is 0 Å². The minimum Gasteiger partial charge on any atom is -0.341 e. The molecule has 0 radical (unpaired) electrons. The Bertz CT molecular complexity index is 245. The SMILES string of the molecule is CCCC1CCN(C(=O)C(N)C(C)(C)C)C1. The van der Waals surface area contributed by atoms with Crippen LogP contribution in [0, 0.1) is 11.3 Å². The number of carbonyl (C=O) groups is 1. The zero-order valence-electron chi connectivity index (χ0n) is 11.1. The van der Waals surface area contributed by atoms with Crippen LogP contribution in [-0.4, -0.2) is 29.9 Å². The molecule has 1 fully saturated rings.